The Morgan fingerprint density at radius 1 is 1.13 bits per heavy atom. The molecule has 1 saturated heterocycles. The molecule has 1 fully saturated rings. The lowest BCUT2D eigenvalue weighted by molar-refractivity contribution is 0.0966. The van der Waals surface area contributed by atoms with E-state index in [1.165, 1.54) is 6.07 Å². The monoisotopic (exact) mass is 422 g/mol. The van der Waals surface area contributed by atoms with Crippen LogP contribution in [0.3, 0.4) is 0 Å². The van der Waals surface area contributed by atoms with Crippen LogP contribution in [0, 0.1) is 5.95 Å². The number of aromatic amines is 1. The minimum atomic E-state index is -0.727. The number of halogens is 1. The molecule has 5 rings (SSSR count). The predicted molar refractivity (Wildman–Crippen MR) is 112 cm³/mol. The van der Waals surface area contributed by atoms with Crippen LogP contribution in [-0.4, -0.2) is 47.2 Å². The molecule has 2 aliphatic heterocycles. The molecule has 3 aromatic heterocycles. The van der Waals surface area contributed by atoms with E-state index < -0.39 is 11.5 Å². The van der Waals surface area contributed by atoms with Crippen LogP contribution < -0.4 is 21.1 Å². The van der Waals surface area contributed by atoms with Crippen LogP contribution in [0.25, 0.3) is 11.3 Å². The van der Waals surface area contributed by atoms with Gasteiger partial charge in [-0.3, -0.25) is 14.6 Å². The van der Waals surface area contributed by atoms with Crippen LogP contribution in [0.4, 0.5) is 21.6 Å². The zero-order valence-electron chi connectivity index (χ0n) is 16.4. The van der Waals surface area contributed by atoms with Gasteiger partial charge in [-0.05, 0) is 30.3 Å². The van der Waals surface area contributed by atoms with Crippen LogP contribution in [-0.2, 0) is 11.3 Å². The highest BCUT2D eigenvalue weighted by atomic mass is 19.1. The molecule has 10 heteroatoms. The predicted octanol–water partition coefficient (Wildman–Crippen LogP) is 1.79. The fourth-order valence-electron chi connectivity index (χ4n) is 3.73. The first-order valence-corrected chi connectivity index (χ1v) is 9.85. The molecule has 158 valence electrons. The molecule has 9 nitrogen and oxygen atoms in total. The molecule has 0 aromatic carbocycles. The van der Waals surface area contributed by atoms with Gasteiger partial charge in [-0.1, -0.05) is 0 Å². The second-order valence-electron chi connectivity index (χ2n) is 7.23. The van der Waals surface area contributed by atoms with E-state index in [9.17, 15) is 14.0 Å². The fraction of sp³-hybridized carbons (Fsp3) is 0.238. The van der Waals surface area contributed by atoms with Crippen molar-refractivity contribution in [3.63, 3.8) is 0 Å². The standard InChI is InChI=1S/C21H19FN6O3/c22-17-3-2-13(20(29)27-17)14-9-15(19-16(25-14)11-24-21(19)30)26-18-4-1-12(10-23-18)28-5-7-31-8-6-28/h1-4,9-10H,5-8,11H2,(H,24,30)(H,27,29)(H,23,25,26). The Morgan fingerprint density at radius 2 is 1.97 bits per heavy atom. The zero-order valence-corrected chi connectivity index (χ0v) is 16.4. The molecule has 0 bridgehead atoms. The van der Waals surface area contributed by atoms with Gasteiger partial charge >= 0.3 is 0 Å². The molecule has 5 heterocycles. The van der Waals surface area contributed by atoms with Gasteiger partial charge in [-0.2, -0.15) is 4.39 Å². The van der Waals surface area contributed by atoms with E-state index >= 15 is 0 Å². The molecule has 2 aliphatic rings. The third-order valence-electron chi connectivity index (χ3n) is 5.27. The topological polar surface area (TPSA) is 112 Å². The zero-order chi connectivity index (χ0) is 21.4. The van der Waals surface area contributed by atoms with Crippen LogP contribution in [0.5, 0.6) is 0 Å². The van der Waals surface area contributed by atoms with Crippen molar-refractivity contribution in [2.45, 2.75) is 6.54 Å². The smallest absolute Gasteiger partial charge is 0.259 e. The van der Waals surface area contributed by atoms with Gasteiger partial charge in [0.25, 0.3) is 11.5 Å². The van der Waals surface area contributed by atoms with Crippen molar-refractivity contribution < 1.29 is 13.9 Å². The maximum Gasteiger partial charge on any atom is 0.259 e. The SMILES string of the molecule is O=C1NCc2nc(-c3ccc(F)[nH]c3=O)cc(Nc3ccc(N4CCOCC4)cn3)c21. The van der Waals surface area contributed by atoms with Gasteiger partial charge < -0.3 is 20.3 Å². The van der Waals surface area contributed by atoms with Gasteiger partial charge in [0, 0.05) is 13.1 Å². The summed E-state index contributed by atoms with van der Waals surface area (Å²) in [5.74, 6) is -0.437. The number of hydrogen-bond acceptors (Lipinski definition) is 7. The summed E-state index contributed by atoms with van der Waals surface area (Å²) in [5.41, 5.74) is 2.34. The van der Waals surface area contributed by atoms with E-state index in [1.807, 2.05) is 12.1 Å². The molecule has 0 saturated carbocycles. The fourth-order valence-corrected chi connectivity index (χ4v) is 3.73. The van der Waals surface area contributed by atoms with Crippen molar-refractivity contribution in [3.8, 4) is 11.3 Å². The molecule has 1 amide bonds. The third-order valence-corrected chi connectivity index (χ3v) is 5.27. The van der Waals surface area contributed by atoms with Crippen LogP contribution in [0.15, 0.2) is 41.3 Å². The van der Waals surface area contributed by atoms with Gasteiger partial charge in [-0.15, -0.1) is 0 Å². The van der Waals surface area contributed by atoms with Gasteiger partial charge in [0.1, 0.15) is 5.82 Å². The number of fused-ring (bicyclic) bond motifs is 1. The number of aromatic nitrogens is 3. The van der Waals surface area contributed by atoms with Crippen LogP contribution in [0.1, 0.15) is 16.1 Å². The number of ether oxygens (including phenoxy) is 1. The number of hydrogen-bond donors (Lipinski definition) is 3. The number of H-pyrrole nitrogens is 1. The van der Waals surface area contributed by atoms with Crippen molar-refractivity contribution in [1.29, 1.82) is 0 Å². The highest BCUT2D eigenvalue weighted by Crippen LogP contribution is 2.30. The molecule has 31 heavy (non-hydrogen) atoms. The van der Waals surface area contributed by atoms with Crippen molar-refractivity contribution in [2.75, 3.05) is 36.5 Å². The van der Waals surface area contributed by atoms with E-state index in [0.717, 1.165) is 24.8 Å². The number of pyridine rings is 3. The second-order valence-corrected chi connectivity index (χ2v) is 7.23. The summed E-state index contributed by atoms with van der Waals surface area (Å²) in [6, 6.07) is 7.91. The maximum atomic E-state index is 13.3. The molecule has 0 radical (unpaired) electrons. The molecule has 3 N–H and O–H groups in total. The lowest BCUT2D eigenvalue weighted by atomic mass is 10.1. The lowest BCUT2D eigenvalue weighted by Crippen LogP contribution is -2.36. The van der Waals surface area contributed by atoms with Crippen molar-refractivity contribution in [3.05, 3.63) is 64.1 Å². The highest BCUT2D eigenvalue weighted by Gasteiger charge is 2.26. The molecule has 0 spiro atoms. The second kappa shape index (κ2) is 7.80. The number of carbonyl (C=O) groups is 1. The quantitative estimate of drug-likeness (QED) is 0.550. The Bertz CT molecular complexity index is 1200. The highest BCUT2D eigenvalue weighted by molar-refractivity contribution is 6.04. The van der Waals surface area contributed by atoms with E-state index in [0.29, 0.717) is 41.7 Å². The number of rotatable bonds is 4. The average Bonchev–Trinajstić information content (AvgIpc) is 3.16. The first-order valence-electron chi connectivity index (χ1n) is 9.85. The number of amides is 1. The number of nitrogens with zero attached hydrogens (tertiary/aromatic N) is 3. The Balaban J connectivity index is 1.49. The summed E-state index contributed by atoms with van der Waals surface area (Å²) in [6.45, 7) is 3.23. The Labute approximate surface area is 176 Å². The molecule has 0 aliphatic carbocycles. The number of nitrogens with one attached hydrogen (secondary N) is 3. The summed E-state index contributed by atoms with van der Waals surface area (Å²) in [6.07, 6.45) is 1.76. The van der Waals surface area contributed by atoms with E-state index in [1.54, 1.807) is 12.3 Å². The normalized spacial score (nSPS) is 15.5. The number of carbonyl (C=O) groups excluding carboxylic acids is 1. The van der Waals surface area contributed by atoms with E-state index in [-0.39, 0.29) is 18.0 Å². The molecule has 0 atom stereocenters. The van der Waals surface area contributed by atoms with Crippen LogP contribution >= 0.6 is 0 Å². The molecular formula is C21H19FN6O3. The van der Waals surface area contributed by atoms with Gasteiger partial charge in [0.2, 0.25) is 0 Å². The largest absolute Gasteiger partial charge is 0.378 e. The van der Waals surface area contributed by atoms with E-state index in [4.69, 9.17) is 4.74 Å². The molecule has 3 aromatic rings. The number of anilines is 3. The molecular weight excluding hydrogens is 403 g/mol. The summed E-state index contributed by atoms with van der Waals surface area (Å²) in [5, 5.41) is 5.90. The minimum Gasteiger partial charge on any atom is -0.378 e. The van der Waals surface area contributed by atoms with E-state index in [2.05, 4.69) is 30.5 Å². The summed E-state index contributed by atoms with van der Waals surface area (Å²) in [4.78, 5) is 37.8. The lowest BCUT2D eigenvalue weighted by Gasteiger charge is -2.28. The number of morpholine rings is 1. The summed E-state index contributed by atoms with van der Waals surface area (Å²) in [7, 11) is 0. The summed E-state index contributed by atoms with van der Waals surface area (Å²) >= 11 is 0. The third kappa shape index (κ3) is 3.73. The first-order chi connectivity index (χ1) is 15.1. The minimum absolute atomic E-state index is 0.210. The summed E-state index contributed by atoms with van der Waals surface area (Å²) < 4.78 is 18.7. The Hall–Kier alpha value is -3.79. The average molecular weight is 422 g/mol. The van der Waals surface area contributed by atoms with Crippen molar-refractivity contribution >= 4 is 23.1 Å². The van der Waals surface area contributed by atoms with Gasteiger partial charge in [0.15, 0.2) is 5.95 Å². The van der Waals surface area contributed by atoms with Crippen molar-refractivity contribution in [2.24, 2.45) is 0 Å². The Kier molecular flexibility index (Phi) is 4.83. The Morgan fingerprint density at radius 3 is 2.71 bits per heavy atom. The van der Waals surface area contributed by atoms with Crippen LogP contribution in [0.2, 0.25) is 0 Å². The molecule has 0 unspecified atom stereocenters. The first kappa shape index (κ1) is 19.2. The van der Waals surface area contributed by atoms with Gasteiger partial charge in [0.05, 0.1) is 59.8 Å². The maximum absolute atomic E-state index is 13.3. The van der Waals surface area contributed by atoms with Gasteiger partial charge in [-0.25, -0.2) is 9.97 Å². The van der Waals surface area contributed by atoms with Crippen molar-refractivity contribution in [1.82, 2.24) is 20.3 Å².